The van der Waals surface area contributed by atoms with Crippen molar-refractivity contribution < 1.29 is 44.7 Å². The number of benzene rings is 2. The van der Waals surface area contributed by atoms with E-state index in [1.165, 1.54) is 13.0 Å². The number of carboxylic acids is 1. The van der Waals surface area contributed by atoms with E-state index in [0.29, 0.717) is 16.0 Å². The Bertz CT molecular complexity index is 1770. The number of carbonyl (C=O) groups is 2. The van der Waals surface area contributed by atoms with Gasteiger partial charge in [0.25, 0.3) is 0 Å². The smallest absolute Gasteiger partial charge is 0.417 e. The lowest BCUT2D eigenvalue weighted by molar-refractivity contribution is -0.140. The Morgan fingerprint density at radius 1 is 1.02 bits per heavy atom. The van der Waals surface area contributed by atoms with Crippen molar-refractivity contribution in [1.82, 2.24) is 19.1 Å². The van der Waals surface area contributed by atoms with Crippen LogP contribution in [0.1, 0.15) is 55.8 Å². The van der Waals surface area contributed by atoms with Crippen LogP contribution in [0.25, 0.3) is 11.1 Å². The summed E-state index contributed by atoms with van der Waals surface area (Å²) in [6.45, 7) is 3.41. The first-order valence-corrected chi connectivity index (χ1v) is 17.2. The number of carboxylic acid groups (broad SMARTS) is 1. The summed E-state index contributed by atoms with van der Waals surface area (Å²) in [7, 11) is -8.85. The molecule has 1 heterocycles. The number of nitrogens with one attached hydrogen (secondary N) is 1. The average molecular weight is 685 g/mol. The summed E-state index contributed by atoms with van der Waals surface area (Å²) in [6, 6.07) is 11.7. The van der Waals surface area contributed by atoms with Crippen molar-refractivity contribution in [2.24, 2.45) is 0 Å². The minimum Gasteiger partial charge on any atom is -0.480 e. The highest BCUT2D eigenvalue weighted by Gasteiger charge is 2.40. The number of halogens is 3. The van der Waals surface area contributed by atoms with E-state index in [4.69, 9.17) is 5.11 Å². The largest absolute Gasteiger partial charge is 0.480 e. The van der Waals surface area contributed by atoms with Crippen molar-refractivity contribution in [2.75, 3.05) is 18.8 Å². The highest BCUT2D eigenvalue weighted by molar-refractivity contribution is 7.89. The monoisotopic (exact) mass is 684 g/mol. The Morgan fingerprint density at radius 2 is 1.72 bits per heavy atom. The third-order valence-electron chi connectivity index (χ3n) is 7.17. The molecule has 0 saturated carbocycles. The predicted octanol–water partition coefficient (Wildman–Crippen LogP) is 4.77. The maximum Gasteiger partial charge on any atom is 0.417 e. The van der Waals surface area contributed by atoms with Gasteiger partial charge >= 0.3 is 12.1 Å². The highest BCUT2D eigenvalue weighted by atomic mass is 32.2. The molecule has 0 unspecified atom stereocenters. The number of unbranched alkanes of at least 4 members (excludes halogenated alkanes) is 1. The zero-order valence-electron chi connectivity index (χ0n) is 25.4. The van der Waals surface area contributed by atoms with Crippen LogP contribution < -0.4 is 5.43 Å². The summed E-state index contributed by atoms with van der Waals surface area (Å²) in [5, 5.41) is 9.02. The fourth-order valence-corrected chi connectivity index (χ4v) is 7.47. The second-order valence-corrected chi connectivity index (χ2v) is 14.4. The third-order valence-corrected chi connectivity index (χ3v) is 10.8. The Balaban J connectivity index is 1.91. The number of sulfonamides is 2. The molecule has 0 saturated heterocycles. The van der Waals surface area contributed by atoms with E-state index in [1.54, 1.807) is 43.6 Å². The van der Waals surface area contributed by atoms with Crippen LogP contribution >= 0.6 is 0 Å². The number of aliphatic carboxylic acids is 1. The van der Waals surface area contributed by atoms with Crippen LogP contribution in [-0.4, -0.2) is 66.4 Å². The van der Waals surface area contributed by atoms with Gasteiger partial charge in [0.1, 0.15) is 6.54 Å². The fourth-order valence-electron chi connectivity index (χ4n) is 4.74. The zero-order valence-corrected chi connectivity index (χ0v) is 27.0. The number of hydrogen-bond donors (Lipinski definition) is 2. The van der Waals surface area contributed by atoms with Gasteiger partial charge in [-0.25, -0.2) is 16.8 Å². The third kappa shape index (κ3) is 9.11. The standard InChI is InChI=1S/C30H35F3N4O7S2/c1-4-45(41,42)37(20-29(39)40)35-28(38)14-7-8-17-36(46(43,44)27-13-6-5-12-26(27)30(31,32)33)22(3)23-10-9-11-24(18-23)25-15-16-34-19-21(25)2/h5-6,9-13,15-16,18-19,22H,4,7-8,14,17,20H2,1-3H3,(H,35,38)(H,39,40)/t22-/m0/s1. The van der Waals surface area contributed by atoms with Crippen molar-refractivity contribution in [3.63, 3.8) is 0 Å². The van der Waals surface area contributed by atoms with Crippen LogP contribution in [0.4, 0.5) is 13.2 Å². The highest BCUT2D eigenvalue weighted by Crippen LogP contribution is 2.38. The van der Waals surface area contributed by atoms with Crippen molar-refractivity contribution in [1.29, 1.82) is 0 Å². The van der Waals surface area contributed by atoms with Gasteiger partial charge in [-0.05, 0) is 80.1 Å². The molecule has 0 fully saturated rings. The van der Waals surface area contributed by atoms with Crippen molar-refractivity contribution in [2.45, 2.75) is 57.1 Å². The number of nitrogens with zero attached hydrogens (tertiary/aromatic N) is 3. The molecule has 3 rings (SSSR count). The quantitative estimate of drug-likeness (QED) is 0.172. The van der Waals surface area contributed by atoms with E-state index < -0.39 is 66.9 Å². The molecule has 0 aliphatic rings. The first-order valence-electron chi connectivity index (χ1n) is 14.2. The molecule has 0 aliphatic heterocycles. The molecule has 0 spiro atoms. The molecule has 250 valence electrons. The molecule has 0 aliphatic carbocycles. The molecule has 0 bridgehead atoms. The predicted molar refractivity (Wildman–Crippen MR) is 164 cm³/mol. The molecule has 2 aromatic carbocycles. The van der Waals surface area contributed by atoms with Crippen LogP contribution in [0.5, 0.6) is 0 Å². The molecule has 1 atom stereocenters. The van der Waals surface area contributed by atoms with Gasteiger partial charge in [-0.1, -0.05) is 30.3 Å². The van der Waals surface area contributed by atoms with Gasteiger partial charge in [0.15, 0.2) is 0 Å². The first-order chi connectivity index (χ1) is 21.5. The first kappa shape index (κ1) is 36.6. The summed E-state index contributed by atoms with van der Waals surface area (Å²) >= 11 is 0. The van der Waals surface area contributed by atoms with Gasteiger partial charge < -0.3 is 5.11 Å². The van der Waals surface area contributed by atoms with E-state index >= 15 is 0 Å². The van der Waals surface area contributed by atoms with E-state index in [9.17, 15) is 39.6 Å². The number of rotatable bonds is 15. The number of hydrazine groups is 1. The maximum atomic E-state index is 14.0. The van der Waals surface area contributed by atoms with Crippen LogP contribution in [0.2, 0.25) is 0 Å². The number of pyridine rings is 1. The lowest BCUT2D eigenvalue weighted by atomic mass is 9.98. The van der Waals surface area contributed by atoms with Gasteiger partial charge in [-0.2, -0.15) is 17.5 Å². The van der Waals surface area contributed by atoms with E-state index in [1.807, 2.05) is 18.4 Å². The Hall–Kier alpha value is -3.86. The minimum absolute atomic E-state index is 0.00772. The Morgan fingerprint density at radius 3 is 2.35 bits per heavy atom. The maximum absolute atomic E-state index is 14.0. The van der Waals surface area contributed by atoms with Crippen LogP contribution in [0.15, 0.2) is 71.9 Å². The van der Waals surface area contributed by atoms with Crippen molar-refractivity contribution in [3.8, 4) is 11.1 Å². The molecular formula is C30H35F3N4O7S2. The number of alkyl halides is 3. The summed E-state index contributed by atoms with van der Waals surface area (Å²) in [4.78, 5) is 26.8. The van der Waals surface area contributed by atoms with Gasteiger partial charge in [0.2, 0.25) is 26.0 Å². The van der Waals surface area contributed by atoms with Gasteiger partial charge in [-0.15, -0.1) is 4.41 Å². The van der Waals surface area contributed by atoms with Gasteiger partial charge in [0, 0.05) is 31.4 Å². The molecular weight excluding hydrogens is 649 g/mol. The molecule has 46 heavy (non-hydrogen) atoms. The molecule has 16 heteroatoms. The fraction of sp³-hybridized carbons (Fsp3) is 0.367. The van der Waals surface area contributed by atoms with Crippen LogP contribution in [-0.2, 0) is 35.8 Å². The topological polar surface area (TPSA) is 154 Å². The van der Waals surface area contributed by atoms with Crippen molar-refractivity contribution in [3.05, 3.63) is 83.7 Å². The zero-order chi connectivity index (χ0) is 34.3. The van der Waals surface area contributed by atoms with Crippen molar-refractivity contribution >= 4 is 31.9 Å². The normalized spacial score (nSPS) is 13.1. The molecule has 1 amide bonds. The number of amides is 1. The Kier molecular flexibility index (Phi) is 12.1. The molecule has 0 radical (unpaired) electrons. The van der Waals surface area contributed by atoms with E-state index in [2.05, 4.69) is 4.98 Å². The average Bonchev–Trinajstić information content (AvgIpc) is 3.00. The van der Waals surface area contributed by atoms with Gasteiger partial charge in [-0.3, -0.25) is 20.0 Å². The molecule has 2 N–H and O–H groups in total. The lowest BCUT2D eigenvalue weighted by Crippen LogP contribution is -2.49. The summed E-state index contributed by atoms with van der Waals surface area (Å²) in [5.74, 6) is -2.79. The van der Waals surface area contributed by atoms with E-state index in [0.717, 1.165) is 33.1 Å². The molecule has 1 aromatic heterocycles. The number of aryl methyl sites for hydroxylation is 1. The molecule has 11 nitrogen and oxygen atoms in total. The van der Waals surface area contributed by atoms with Gasteiger partial charge in [0.05, 0.1) is 16.2 Å². The SMILES string of the molecule is CCS(=O)(=O)N(CC(=O)O)NC(=O)CCCCN([C@@H](C)c1cccc(-c2ccncc2C)c1)S(=O)(=O)c1ccccc1C(F)(F)F. The van der Waals surface area contributed by atoms with E-state index in [-0.39, 0.29) is 25.8 Å². The summed E-state index contributed by atoms with van der Waals surface area (Å²) < 4.78 is 95.3. The number of aromatic nitrogens is 1. The Labute approximate surface area is 266 Å². The van der Waals surface area contributed by atoms with Crippen LogP contribution in [0, 0.1) is 6.92 Å². The number of carbonyl (C=O) groups excluding carboxylic acids is 1. The summed E-state index contributed by atoms with van der Waals surface area (Å²) in [5.41, 5.74) is 3.70. The summed E-state index contributed by atoms with van der Waals surface area (Å²) in [6.07, 6.45) is -1.96. The number of hydrogen-bond acceptors (Lipinski definition) is 7. The second kappa shape index (κ2) is 15.2. The second-order valence-electron chi connectivity index (χ2n) is 10.4. The minimum atomic E-state index is -4.95. The lowest BCUT2D eigenvalue weighted by Gasteiger charge is -2.30. The van der Waals surface area contributed by atoms with Crippen LogP contribution in [0.3, 0.4) is 0 Å². The molecule has 3 aromatic rings.